The van der Waals surface area contributed by atoms with Crippen molar-refractivity contribution in [2.45, 2.75) is 19.3 Å². The lowest BCUT2D eigenvalue weighted by atomic mass is 9.90. The number of hydrogen-bond acceptors (Lipinski definition) is 4. The van der Waals surface area contributed by atoms with Crippen LogP contribution in [0.4, 0.5) is 0 Å². The maximum atomic E-state index is 12.6. The molecule has 1 fully saturated rings. The van der Waals surface area contributed by atoms with Crippen LogP contribution in [0.3, 0.4) is 0 Å². The molecule has 2 heterocycles. The number of carbonyl (C=O) groups is 2. The fraction of sp³-hybridized carbons (Fsp3) is 0.476. The molecule has 7 heteroatoms. The zero-order valence-corrected chi connectivity index (χ0v) is 16.6. The minimum atomic E-state index is -0.0782. The van der Waals surface area contributed by atoms with Gasteiger partial charge in [-0.3, -0.25) is 14.3 Å². The fourth-order valence-electron chi connectivity index (χ4n) is 3.58. The predicted octanol–water partition coefficient (Wildman–Crippen LogP) is 1.89. The van der Waals surface area contributed by atoms with Gasteiger partial charge in [0, 0.05) is 45.6 Å². The summed E-state index contributed by atoms with van der Waals surface area (Å²) in [6, 6.07) is 9.56. The monoisotopic (exact) mass is 384 g/mol. The van der Waals surface area contributed by atoms with Crippen LogP contribution in [0, 0.1) is 5.92 Å². The molecule has 150 valence electrons. The van der Waals surface area contributed by atoms with Crippen LogP contribution in [0.25, 0.3) is 0 Å². The van der Waals surface area contributed by atoms with Crippen LogP contribution in [0.2, 0.25) is 0 Å². The van der Waals surface area contributed by atoms with E-state index in [9.17, 15) is 9.59 Å². The molecule has 0 saturated carbocycles. The number of hydrogen-bond donors (Lipinski definition) is 1. The van der Waals surface area contributed by atoms with Gasteiger partial charge in [0.05, 0.1) is 6.61 Å². The topological polar surface area (TPSA) is 76.5 Å². The predicted molar refractivity (Wildman–Crippen MR) is 106 cm³/mol. The number of amides is 2. The average molecular weight is 384 g/mol. The fourth-order valence-corrected chi connectivity index (χ4v) is 3.58. The highest BCUT2D eigenvalue weighted by Crippen LogP contribution is 2.23. The molecule has 3 rings (SSSR count). The van der Waals surface area contributed by atoms with Crippen molar-refractivity contribution in [3.63, 3.8) is 0 Å². The summed E-state index contributed by atoms with van der Waals surface area (Å²) in [6.45, 7) is 2.56. The van der Waals surface area contributed by atoms with E-state index in [1.54, 1.807) is 31.1 Å². The Hall–Kier alpha value is -2.67. The molecular formula is C21H28N4O3. The van der Waals surface area contributed by atoms with Gasteiger partial charge in [-0.1, -0.05) is 12.1 Å². The Kier molecular flexibility index (Phi) is 6.81. The van der Waals surface area contributed by atoms with E-state index in [-0.39, 0.29) is 11.8 Å². The molecule has 1 saturated heterocycles. The van der Waals surface area contributed by atoms with Gasteiger partial charge in [0.25, 0.3) is 11.8 Å². The molecule has 0 atom stereocenters. The van der Waals surface area contributed by atoms with E-state index >= 15 is 0 Å². The number of methoxy groups -OCH3 is 1. The number of piperidine rings is 1. The van der Waals surface area contributed by atoms with Crippen LogP contribution in [0.5, 0.6) is 0 Å². The molecule has 0 unspecified atom stereocenters. The molecule has 28 heavy (non-hydrogen) atoms. The van der Waals surface area contributed by atoms with Crippen LogP contribution < -0.4 is 5.32 Å². The molecule has 1 aliphatic heterocycles. The molecule has 0 bridgehead atoms. The SMILES string of the molecule is COCCNC(=O)c1ccc(CC2CCN(C(=O)c3ccnn3C)CC2)cc1. The van der Waals surface area contributed by atoms with Gasteiger partial charge in [0.15, 0.2) is 0 Å². The number of likely N-dealkylation sites (tertiary alicyclic amines) is 1. The first kappa shape index (κ1) is 20.1. The molecule has 1 N–H and O–H groups in total. The largest absolute Gasteiger partial charge is 0.383 e. The number of aryl methyl sites for hydroxylation is 1. The van der Waals surface area contributed by atoms with Crippen molar-refractivity contribution in [2.75, 3.05) is 33.4 Å². The van der Waals surface area contributed by atoms with Crippen LogP contribution >= 0.6 is 0 Å². The van der Waals surface area contributed by atoms with Crippen LogP contribution in [0.1, 0.15) is 39.3 Å². The molecule has 1 aromatic heterocycles. The average Bonchev–Trinajstić information content (AvgIpc) is 3.14. The highest BCUT2D eigenvalue weighted by atomic mass is 16.5. The Morgan fingerprint density at radius 2 is 1.89 bits per heavy atom. The van der Waals surface area contributed by atoms with E-state index < -0.39 is 0 Å². The first-order chi connectivity index (χ1) is 13.6. The molecule has 0 radical (unpaired) electrons. The van der Waals surface area contributed by atoms with Crippen LogP contribution in [-0.4, -0.2) is 59.8 Å². The Morgan fingerprint density at radius 3 is 2.50 bits per heavy atom. The van der Waals surface area contributed by atoms with E-state index in [1.165, 1.54) is 5.56 Å². The van der Waals surface area contributed by atoms with Gasteiger partial charge in [0.1, 0.15) is 5.69 Å². The number of benzene rings is 1. The smallest absolute Gasteiger partial charge is 0.272 e. The first-order valence-electron chi connectivity index (χ1n) is 9.72. The zero-order chi connectivity index (χ0) is 19.9. The van der Waals surface area contributed by atoms with Crippen LogP contribution in [0.15, 0.2) is 36.5 Å². The van der Waals surface area contributed by atoms with Gasteiger partial charge in [-0.05, 0) is 48.9 Å². The van der Waals surface area contributed by atoms with Gasteiger partial charge >= 0.3 is 0 Å². The maximum absolute atomic E-state index is 12.6. The number of nitrogens with one attached hydrogen (secondary N) is 1. The van der Waals surface area contributed by atoms with Crippen molar-refractivity contribution in [3.8, 4) is 0 Å². The Bertz CT molecular complexity index is 792. The molecular weight excluding hydrogens is 356 g/mol. The van der Waals surface area contributed by atoms with Crippen molar-refractivity contribution in [2.24, 2.45) is 13.0 Å². The zero-order valence-electron chi connectivity index (χ0n) is 16.6. The summed E-state index contributed by atoms with van der Waals surface area (Å²) < 4.78 is 6.56. The lowest BCUT2D eigenvalue weighted by Crippen LogP contribution is -2.39. The normalized spacial score (nSPS) is 14.9. The van der Waals surface area contributed by atoms with Gasteiger partial charge in [-0.2, -0.15) is 5.10 Å². The van der Waals surface area contributed by atoms with Crippen molar-refractivity contribution < 1.29 is 14.3 Å². The van der Waals surface area contributed by atoms with Gasteiger partial charge in [0.2, 0.25) is 0 Å². The molecule has 1 aliphatic rings. The summed E-state index contributed by atoms with van der Waals surface area (Å²) in [6.07, 6.45) is 4.60. The number of ether oxygens (including phenoxy) is 1. The summed E-state index contributed by atoms with van der Waals surface area (Å²) in [5.41, 5.74) is 2.53. The number of aromatic nitrogens is 2. The third-order valence-corrected chi connectivity index (χ3v) is 5.27. The van der Waals surface area contributed by atoms with Gasteiger partial charge in [-0.15, -0.1) is 0 Å². The quantitative estimate of drug-likeness (QED) is 0.740. The van der Waals surface area contributed by atoms with Crippen molar-refractivity contribution in [1.29, 1.82) is 0 Å². The van der Waals surface area contributed by atoms with E-state index in [0.717, 1.165) is 32.4 Å². The molecule has 1 aromatic carbocycles. The lowest BCUT2D eigenvalue weighted by Gasteiger charge is -2.32. The van der Waals surface area contributed by atoms with E-state index in [4.69, 9.17) is 4.74 Å². The highest BCUT2D eigenvalue weighted by Gasteiger charge is 2.25. The molecule has 2 amide bonds. The number of carbonyl (C=O) groups excluding carboxylic acids is 2. The minimum absolute atomic E-state index is 0.0577. The Labute approximate surface area is 165 Å². The van der Waals surface area contributed by atoms with E-state index in [0.29, 0.717) is 30.3 Å². The Morgan fingerprint density at radius 1 is 1.18 bits per heavy atom. The van der Waals surface area contributed by atoms with Gasteiger partial charge in [-0.25, -0.2) is 0 Å². The second-order valence-corrected chi connectivity index (χ2v) is 7.23. The van der Waals surface area contributed by atoms with Crippen molar-refractivity contribution in [3.05, 3.63) is 53.3 Å². The van der Waals surface area contributed by atoms with E-state index in [2.05, 4.69) is 10.4 Å². The standard InChI is InChI=1S/C21H28N4O3/c1-24-19(7-10-23-24)21(27)25-12-8-17(9-13-25)15-16-3-5-18(6-4-16)20(26)22-11-14-28-2/h3-7,10,17H,8-9,11-15H2,1-2H3,(H,22,26). The third kappa shape index (κ3) is 4.98. The highest BCUT2D eigenvalue weighted by molar-refractivity contribution is 5.94. The van der Waals surface area contributed by atoms with Crippen LogP contribution in [-0.2, 0) is 18.2 Å². The summed E-state index contributed by atoms with van der Waals surface area (Å²) in [5.74, 6) is 0.532. The second kappa shape index (κ2) is 9.50. The summed E-state index contributed by atoms with van der Waals surface area (Å²) in [4.78, 5) is 26.5. The Balaban J connectivity index is 1.47. The first-order valence-corrected chi connectivity index (χ1v) is 9.72. The maximum Gasteiger partial charge on any atom is 0.272 e. The summed E-state index contributed by atoms with van der Waals surface area (Å²) in [7, 11) is 3.40. The molecule has 0 spiro atoms. The molecule has 2 aromatic rings. The van der Waals surface area contributed by atoms with Gasteiger partial charge < -0.3 is 15.0 Å². The lowest BCUT2D eigenvalue weighted by molar-refractivity contribution is 0.0679. The molecule has 0 aliphatic carbocycles. The number of nitrogens with zero attached hydrogens (tertiary/aromatic N) is 3. The third-order valence-electron chi connectivity index (χ3n) is 5.27. The minimum Gasteiger partial charge on any atom is -0.383 e. The molecule has 7 nitrogen and oxygen atoms in total. The second-order valence-electron chi connectivity index (χ2n) is 7.23. The van der Waals surface area contributed by atoms with Crippen molar-refractivity contribution in [1.82, 2.24) is 20.0 Å². The number of rotatable bonds is 7. The summed E-state index contributed by atoms with van der Waals surface area (Å²) in [5, 5.41) is 6.90. The van der Waals surface area contributed by atoms with E-state index in [1.807, 2.05) is 29.2 Å². The van der Waals surface area contributed by atoms with Crippen molar-refractivity contribution >= 4 is 11.8 Å². The summed E-state index contributed by atoms with van der Waals surface area (Å²) >= 11 is 0.